The summed E-state index contributed by atoms with van der Waals surface area (Å²) >= 11 is 0. The van der Waals surface area contributed by atoms with Crippen molar-refractivity contribution >= 4 is 12.0 Å². The summed E-state index contributed by atoms with van der Waals surface area (Å²) in [5.74, 6) is -0.141. The van der Waals surface area contributed by atoms with Crippen LogP contribution in [0.3, 0.4) is 0 Å². The molecule has 1 aromatic rings. The topological polar surface area (TPSA) is 69.6 Å². The molecule has 0 aromatic heterocycles. The first kappa shape index (κ1) is 16.3. The third-order valence-electron chi connectivity index (χ3n) is 4.04. The number of benzene rings is 1. The minimum atomic E-state index is -0.923. The van der Waals surface area contributed by atoms with E-state index in [1.165, 1.54) is 10.5 Å². The van der Waals surface area contributed by atoms with Crippen LogP contribution in [0.25, 0.3) is 0 Å². The summed E-state index contributed by atoms with van der Waals surface area (Å²) < 4.78 is 0. The van der Waals surface area contributed by atoms with Gasteiger partial charge in [0.1, 0.15) is 0 Å². The van der Waals surface area contributed by atoms with Gasteiger partial charge in [-0.3, -0.25) is 4.79 Å². The average Bonchev–Trinajstić information content (AvgIpc) is 2.46. The lowest BCUT2D eigenvalue weighted by Gasteiger charge is -2.31. The maximum Gasteiger partial charge on any atom is 0.407 e. The zero-order valence-corrected chi connectivity index (χ0v) is 13.4. The maximum absolute atomic E-state index is 12.3. The Labute approximate surface area is 131 Å². The zero-order valence-electron chi connectivity index (χ0n) is 13.4. The van der Waals surface area contributed by atoms with E-state index in [0.29, 0.717) is 18.7 Å². The van der Waals surface area contributed by atoms with Crippen LogP contribution in [0.1, 0.15) is 49.5 Å². The molecule has 0 radical (unpaired) electrons. The van der Waals surface area contributed by atoms with Gasteiger partial charge in [-0.25, -0.2) is 4.79 Å². The number of hydrogen-bond acceptors (Lipinski definition) is 2. The first-order valence-corrected chi connectivity index (χ1v) is 7.66. The Morgan fingerprint density at radius 2 is 1.86 bits per heavy atom. The molecule has 2 rings (SSSR count). The molecule has 1 fully saturated rings. The van der Waals surface area contributed by atoms with Crippen LogP contribution in [0.2, 0.25) is 0 Å². The standard InChI is InChI=1S/C17H24N2O3/c1-17(2,3)13-8-6-12(7-9-13)15(20)18-14-5-4-10-19(11-14)16(21)22/h6-9,14H,4-5,10-11H2,1-3H3,(H,18,20)(H,21,22). The Bertz CT molecular complexity index is 546. The molecule has 1 aromatic carbocycles. The highest BCUT2D eigenvalue weighted by molar-refractivity contribution is 5.94. The fourth-order valence-electron chi connectivity index (χ4n) is 2.66. The van der Waals surface area contributed by atoms with Crippen molar-refractivity contribution in [2.24, 2.45) is 0 Å². The van der Waals surface area contributed by atoms with Gasteiger partial charge in [0.05, 0.1) is 0 Å². The lowest BCUT2D eigenvalue weighted by molar-refractivity contribution is 0.0888. The third-order valence-corrected chi connectivity index (χ3v) is 4.04. The van der Waals surface area contributed by atoms with Crippen LogP contribution in [-0.4, -0.2) is 41.1 Å². The van der Waals surface area contributed by atoms with Crippen LogP contribution in [0.4, 0.5) is 4.79 Å². The first-order chi connectivity index (χ1) is 10.3. The first-order valence-electron chi connectivity index (χ1n) is 7.66. The number of piperidine rings is 1. The van der Waals surface area contributed by atoms with Gasteiger partial charge in [-0.2, -0.15) is 0 Å². The van der Waals surface area contributed by atoms with Crippen molar-refractivity contribution in [3.63, 3.8) is 0 Å². The molecule has 1 unspecified atom stereocenters. The van der Waals surface area contributed by atoms with Crippen LogP contribution in [0, 0.1) is 0 Å². The van der Waals surface area contributed by atoms with E-state index in [-0.39, 0.29) is 17.4 Å². The quantitative estimate of drug-likeness (QED) is 0.882. The molecule has 1 atom stereocenters. The van der Waals surface area contributed by atoms with E-state index in [0.717, 1.165) is 12.8 Å². The summed E-state index contributed by atoms with van der Waals surface area (Å²) in [5, 5.41) is 12.0. The molecular formula is C17H24N2O3. The van der Waals surface area contributed by atoms with Gasteiger partial charge in [0, 0.05) is 24.7 Å². The van der Waals surface area contributed by atoms with Crippen molar-refractivity contribution in [3.05, 3.63) is 35.4 Å². The molecule has 1 heterocycles. The van der Waals surface area contributed by atoms with Crippen LogP contribution < -0.4 is 5.32 Å². The summed E-state index contributed by atoms with van der Waals surface area (Å²) in [6, 6.07) is 7.49. The SMILES string of the molecule is CC(C)(C)c1ccc(C(=O)NC2CCCN(C(=O)O)C2)cc1. The number of hydrogen-bond donors (Lipinski definition) is 2. The van der Waals surface area contributed by atoms with E-state index in [4.69, 9.17) is 5.11 Å². The van der Waals surface area contributed by atoms with E-state index < -0.39 is 6.09 Å². The lowest BCUT2D eigenvalue weighted by Crippen LogP contribution is -2.49. The molecule has 1 aliphatic heterocycles. The maximum atomic E-state index is 12.3. The second-order valence-corrected chi connectivity index (χ2v) is 6.87. The van der Waals surface area contributed by atoms with E-state index in [2.05, 4.69) is 26.1 Å². The van der Waals surface area contributed by atoms with Gasteiger partial charge in [0.2, 0.25) is 0 Å². The number of likely N-dealkylation sites (tertiary alicyclic amines) is 1. The van der Waals surface area contributed by atoms with Gasteiger partial charge >= 0.3 is 6.09 Å². The van der Waals surface area contributed by atoms with Crippen molar-refractivity contribution in [1.29, 1.82) is 0 Å². The van der Waals surface area contributed by atoms with E-state index >= 15 is 0 Å². The van der Waals surface area contributed by atoms with Crippen LogP contribution >= 0.6 is 0 Å². The largest absolute Gasteiger partial charge is 0.465 e. The minimum absolute atomic E-state index is 0.0559. The molecule has 5 nitrogen and oxygen atoms in total. The van der Waals surface area contributed by atoms with Crippen molar-refractivity contribution in [3.8, 4) is 0 Å². The molecule has 2 N–H and O–H groups in total. The smallest absolute Gasteiger partial charge is 0.407 e. The summed E-state index contributed by atoms with van der Waals surface area (Å²) in [6.45, 7) is 7.29. The molecule has 2 amide bonds. The normalized spacial score (nSPS) is 18.9. The number of nitrogens with zero attached hydrogens (tertiary/aromatic N) is 1. The summed E-state index contributed by atoms with van der Waals surface area (Å²) in [6.07, 6.45) is 0.670. The van der Waals surface area contributed by atoms with Gasteiger partial charge in [0.15, 0.2) is 0 Å². The molecule has 120 valence electrons. The van der Waals surface area contributed by atoms with Crippen molar-refractivity contribution < 1.29 is 14.7 Å². The van der Waals surface area contributed by atoms with Gasteiger partial charge in [-0.15, -0.1) is 0 Å². The summed E-state index contributed by atoms with van der Waals surface area (Å²) in [7, 11) is 0. The highest BCUT2D eigenvalue weighted by Gasteiger charge is 2.24. The number of carbonyl (C=O) groups is 2. The summed E-state index contributed by atoms with van der Waals surface area (Å²) in [5.41, 5.74) is 1.85. The Kier molecular flexibility index (Phi) is 4.74. The molecule has 0 aliphatic carbocycles. The van der Waals surface area contributed by atoms with Gasteiger partial charge < -0.3 is 15.3 Å². The lowest BCUT2D eigenvalue weighted by atomic mass is 9.86. The molecular weight excluding hydrogens is 280 g/mol. The fraction of sp³-hybridized carbons (Fsp3) is 0.529. The Hall–Kier alpha value is -2.04. The number of carbonyl (C=O) groups excluding carboxylic acids is 1. The molecule has 0 spiro atoms. The highest BCUT2D eigenvalue weighted by Crippen LogP contribution is 2.22. The number of rotatable bonds is 2. The van der Waals surface area contributed by atoms with Gasteiger partial charge in [-0.1, -0.05) is 32.9 Å². The molecule has 0 bridgehead atoms. The van der Waals surface area contributed by atoms with Crippen LogP contribution in [-0.2, 0) is 5.41 Å². The number of amides is 2. The molecule has 0 saturated carbocycles. The molecule has 1 saturated heterocycles. The van der Waals surface area contributed by atoms with E-state index in [1.807, 2.05) is 24.3 Å². The van der Waals surface area contributed by atoms with E-state index in [1.54, 1.807) is 0 Å². The Morgan fingerprint density at radius 3 is 2.41 bits per heavy atom. The van der Waals surface area contributed by atoms with Gasteiger partial charge in [0.25, 0.3) is 5.91 Å². The second-order valence-electron chi connectivity index (χ2n) is 6.87. The Morgan fingerprint density at radius 1 is 1.23 bits per heavy atom. The van der Waals surface area contributed by atoms with Crippen molar-refractivity contribution in [1.82, 2.24) is 10.2 Å². The number of carboxylic acid groups (broad SMARTS) is 1. The van der Waals surface area contributed by atoms with Gasteiger partial charge in [-0.05, 0) is 36.0 Å². The van der Waals surface area contributed by atoms with Crippen LogP contribution in [0.5, 0.6) is 0 Å². The van der Waals surface area contributed by atoms with Crippen molar-refractivity contribution in [2.75, 3.05) is 13.1 Å². The van der Waals surface area contributed by atoms with Crippen LogP contribution in [0.15, 0.2) is 24.3 Å². The monoisotopic (exact) mass is 304 g/mol. The van der Waals surface area contributed by atoms with E-state index in [9.17, 15) is 9.59 Å². The number of nitrogens with one attached hydrogen (secondary N) is 1. The molecule has 1 aliphatic rings. The average molecular weight is 304 g/mol. The fourth-order valence-corrected chi connectivity index (χ4v) is 2.66. The second kappa shape index (κ2) is 6.38. The highest BCUT2D eigenvalue weighted by atomic mass is 16.4. The Balaban J connectivity index is 1.98. The predicted molar refractivity (Wildman–Crippen MR) is 85.2 cm³/mol. The summed E-state index contributed by atoms with van der Waals surface area (Å²) in [4.78, 5) is 24.6. The zero-order chi connectivity index (χ0) is 16.3. The minimum Gasteiger partial charge on any atom is -0.465 e. The van der Waals surface area contributed by atoms with Crippen molar-refractivity contribution in [2.45, 2.75) is 45.1 Å². The molecule has 5 heteroatoms. The third kappa shape index (κ3) is 4.00. The predicted octanol–water partition coefficient (Wildman–Crippen LogP) is 2.86. The molecule has 22 heavy (non-hydrogen) atoms.